The Bertz CT molecular complexity index is 462. The second kappa shape index (κ2) is 5.42. The van der Waals surface area contributed by atoms with Crippen LogP contribution in [-0.4, -0.2) is 24.8 Å². The van der Waals surface area contributed by atoms with Crippen molar-refractivity contribution >= 4 is 6.02 Å². The molecule has 0 spiro atoms. The molecule has 0 radical (unpaired) electrons. The molecule has 1 atom stereocenters. The van der Waals surface area contributed by atoms with Gasteiger partial charge in [-0.1, -0.05) is 12.1 Å². The number of benzene rings is 1. The van der Waals surface area contributed by atoms with Crippen molar-refractivity contribution in [3.63, 3.8) is 0 Å². The van der Waals surface area contributed by atoms with E-state index in [0.717, 1.165) is 18.4 Å². The summed E-state index contributed by atoms with van der Waals surface area (Å²) in [4.78, 5) is 4.24. The van der Waals surface area contributed by atoms with Crippen LogP contribution in [0.2, 0.25) is 0 Å². The summed E-state index contributed by atoms with van der Waals surface area (Å²) < 4.78 is 33.4. The minimum Gasteiger partial charge on any atom is -0.463 e. The molecule has 0 aromatic heterocycles. The molecule has 1 aliphatic heterocycles. The maximum atomic E-state index is 12.0. The Morgan fingerprint density at radius 1 is 1.42 bits per heavy atom. The molecule has 0 saturated heterocycles. The van der Waals surface area contributed by atoms with Crippen LogP contribution < -0.4 is 10.5 Å². The maximum Gasteiger partial charge on any atom is 0.387 e. The molecule has 0 bridgehead atoms. The number of alkyl halides is 2. The summed E-state index contributed by atoms with van der Waals surface area (Å²) in [5, 5.41) is 0. The number of aliphatic imine (C=N–C) groups is 1. The molecule has 19 heavy (non-hydrogen) atoms. The normalized spacial score (nSPS) is 22.2. The minimum atomic E-state index is -2.79. The molecular weight excluding hydrogens is 254 g/mol. The number of ether oxygens (including phenoxy) is 2. The van der Waals surface area contributed by atoms with E-state index in [-0.39, 0.29) is 17.3 Å². The van der Waals surface area contributed by atoms with Gasteiger partial charge in [0.2, 0.25) is 0 Å². The number of halogens is 2. The van der Waals surface area contributed by atoms with E-state index in [2.05, 4.69) is 9.73 Å². The van der Waals surface area contributed by atoms with Gasteiger partial charge in [-0.3, -0.25) is 0 Å². The van der Waals surface area contributed by atoms with Crippen molar-refractivity contribution in [3.8, 4) is 5.75 Å². The first-order chi connectivity index (χ1) is 8.97. The summed E-state index contributed by atoms with van der Waals surface area (Å²) >= 11 is 0. The molecule has 4 nitrogen and oxygen atoms in total. The zero-order valence-corrected chi connectivity index (χ0v) is 10.6. The van der Waals surface area contributed by atoms with E-state index >= 15 is 0 Å². The Kier molecular flexibility index (Phi) is 3.87. The third kappa shape index (κ3) is 3.81. The minimum absolute atomic E-state index is 0.163. The lowest BCUT2D eigenvalue weighted by molar-refractivity contribution is -0.0498. The lowest BCUT2D eigenvalue weighted by Gasteiger charge is -2.17. The number of hydrogen-bond acceptors (Lipinski definition) is 4. The van der Waals surface area contributed by atoms with Gasteiger partial charge in [-0.15, -0.1) is 0 Å². The van der Waals surface area contributed by atoms with Crippen molar-refractivity contribution in [2.75, 3.05) is 6.61 Å². The van der Waals surface area contributed by atoms with Crippen molar-refractivity contribution in [1.29, 1.82) is 0 Å². The standard InChI is InChI=1S/C13H16F2N2O2/c1-13(8-18-12(16)17-13)7-6-9-2-4-10(5-3-9)19-11(14)15/h2-5,11H,6-8H2,1H3,(H2,16,17). The molecule has 2 rings (SSSR count). The number of nitrogens with two attached hydrogens (primary N) is 1. The van der Waals surface area contributed by atoms with Gasteiger partial charge in [-0.2, -0.15) is 8.78 Å². The molecule has 1 heterocycles. The van der Waals surface area contributed by atoms with E-state index in [9.17, 15) is 8.78 Å². The first kappa shape index (κ1) is 13.6. The monoisotopic (exact) mass is 270 g/mol. The quantitative estimate of drug-likeness (QED) is 0.893. The molecule has 1 aromatic rings. The number of hydrogen-bond donors (Lipinski definition) is 1. The van der Waals surface area contributed by atoms with Gasteiger partial charge in [0.25, 0.3) is 6.02 Å². The fourth-order valence-electron chi connectivity index (χ4n) is 1.94. The number of rotatable bonds is 5. The summed E-state index contributed by atoms with van der Waals surface area (Å²) in [5.41, 5.74) is 6.21. The first-order valence-electron chi connectivity index (χ1n) is 5.99. The summed E-state index contributed by atoms with van der Waals surface area (Å²) in [6.45, 7) is -0.343. The smallest absolute Gasteiger partial charge is 0.387 e. The lowest BCUT2D eigenvalue weighted by Crippen LogP contribution is -2.24. The second-order valence-electron chi connectivity index (χ2n) is 4.76. The molecule has 0 amide bonds. The number of aryl methyl sites for hydroxylation is 1. The van der Waals surface area contributed by atoms with Crippen LogP contribution in [-0.2, 0) is 11.2 Å². The SMILES string of the molecule is CC1(CCc2ccc(OC(F)F)cc2)COC(N)=N1. The highest BCUT2D eigenvalue weighted by Crippen LogP contribution is 2.24. The van der Waals surface area contributed by atoms with E-state index in [4.69, 9.17) is 10.5 Å². The number of nitrogens with zero attached hydrogens (tertiary/aromatic N) is 1. The van der Waals surface area contributed by atoms with Crippen molar-refractivity contribution in [1.82, 2.24) is 0 Å². The van der Waals surface area contributed by atoms with E-state index in [1.807, 2.05) is 6.92 Å². The Morgan fingerprint density at radius 3 is 2.63 bits per heavy atom. The topological polar surface area (TPSA) is 56.8 Å². The van der Waals surface area contributed by atoms with E-state index in [1.54, 1.807) is 12.1 Å². The van der Waals surface area contributed by atoms with Crippen LogP contribution in [0.15, 0.2) is 29.3 Å². The lowest BCUT2D eigenvalue weighted by atomic mass is 9.95. The highest BCUT2D eigenvalue weighted by molar-refractivity contribution is 5.73. The number of amidine groups is 1. The highest BCUT2D eigenvalue weighted by Gasteiger charge is 2.30. The zero-order valence-electron chi connectivity index (χ0n) is 10.6. The molecule has 1 aliphatic rings. The van der Waals surface area contributed by atoms with Crippen LogP contribution in [0.1, 0.15) is 18.9 Å². The molecule has 6 heteroatoms. The van der Waals surface area contributed by atoms with Crippen molar-refractivity contribution in [2.45, 2.75) is 31.9 Å². The average molecular weight is 270 g/mol. The molecule has 0 fully saturated rings. The molecule has 104 valence electrons. The van der Waals surface area contributed by atoms with Gasteiger partial charge in [0.05, 0.1) is 5.54 Å². The van der Waals surface area contributed by atoms with Crippen LogP contribution >= 0.6 is 0 Å². The van der Waals surface area contributed by atoms with Crippen molar-refractivity contribution < 1.29 is 18.3 Å². The van der Waals surface area contributed by atoms with E-state index < -0.39 is 6.61 Å². The van der Waals surface area contributed by atoms with Crippen molar-refractivity contribution in [2.24, 2.45) is 10.7 Å². The second-order valence-corrected chi connectivity index (χ2v) is 4.76. The Hall–Kier alpha value is -1.85. The van der Waals surface area contributed by atoms with E-state index in [0.29, 0.717) is 6.61 Å². The van der Waals surface area contributed by atoms with Crippen molar-refractivity contribution in [3.05, 3.63) is 29.8 Å². The predicted molar refractivity (Wildman–Crippen MR) is 67.4 cm³/mol. The Morgan fingerprint density at radius 2 is 2.11 bits per heavy atom. The van der Waals surface area contributed by atoms with Gasteiger partial charge in [0.15, 0.2) is 0 Å². The van der Waals surface area contributed by atoms with Crippen LogP contribution in [0.25, 0.3) is 0 Å². The highest BCUT2D eigenvalue weighted by atomic mass is 19.3. The third-order valence-corrected chi connectivity index (χ3v) is 3.01. The largest absolute Gasteiger partial charge is 0.463 e. The van der Waals surface area contributed by atoms with Crippen LogP contribution in [0, 0.1) is 0 Å². The summed E-state index contributed by atoms with van der Waals surface area (Å²) in [6.07, 6.45) is 1.55. The van der Waals surface area contributed by atoms with Gasteiger partial charge in [-0.25, -0.2) is 4.99 Å². The Balaban J connectivity index is 1.90. The summed E-state index contributed by atoms with van der Waals surface area (Å²) in [5.74, 6) is 0.163. The molecular formula is C13H16F2N2O2. The first-order valence-corrected chi connectivity index (χ1v) is 5.99. The Labute approximate surface area is 110 Å². The maximum absolute atomic E-state index is 12.0. The van der Waals surface area contributed by atoms with Gasteiger partial charge in [0, 0.05) is 0 Å². The van der Waals surface area contributed by atoms with Gasteiger partial charge < -0.3 is 15.2 Å². The molecule has 0 saturated carbocycles. The molecule has 1 unspecified atom stereocenters. The fraction of sp³-hybridized carbons (Fsp3) is 0.462. The van der Waals surface area contributed by atoms with Gasteiger partial charge >= 0.3 is 6.61 Å². The van der Waals surface area contributed by atoms with Crippen LogP contribution in [0.5, 0.6) is 5.75 Å². The third-order valence-electron chi connectivity index (χ3n) is 3.01. The van der Waals surface area contributed by atoms with Gasteiger partial charge in [0.1, 0.15) is 12.4 Å². The van der Waals surface area contributed by atoms with Crippen LogP contribution in [0.4, 0.5) is 8.78 Å². The molecule has 1 aromatic carbocycles. The molecule has 2 N–H and O–H groups in total. The fourth-order valence-corrected chi connectivity index (χ4v) is 1.94. The summed E-state index contributed by atoms with van der Waals surface area (Å²) in [6, 6.07) is 6.83. The molecule has 0 aliphatic carbocycles. The average Bonchev–Trinajstić information content (AvgIpc) is 2.68. The zero-order chi connectivity index (χ0) is 13.9. The summed E-state index contributed by atoms with van der Waals surface area (Å²) in [7, 11) is 0. The van der Waals surface area contributed by atoms with Crippen LogP contribution in [0.3, 0.4) is 0 Å². The predicted octanol–water partition coefficient (Wildman–Crippen LogP) is 2.32. The van der Waals surface area contributed by atoms with Gasteiger partial charge in [-0.05, 0) is 37.5 Å². The van der Waals surface area contributed by atoms with E-state index in [1.165, 1.54) is 12.1 Å².